The Morgan fingerprint density at radius 3 is 2.77 bits per heavy atom. The minimum atomic E-state index is -0.185. The Bertz CT molecular complexity index is 583. The largest absolute Gasteiger partial charge is 0.379 e. The zero-order chi connectivity index (χ0) is 15.2. The molecule has 22 heavy (non-hydrogen) atoms. The second kappa shape index (κ2) is 7.49. The molecule has 0 radical (unpaired) electrons. The zero-order valence-electron chi connectivity index (χ0n) is 12.3. The number of nitrogens with zero attached hydrogens (tertiary/aromatic N) is 2. The fourth-order valence-corrected chi connectivity index (χ4v) is 3.19. The molecule has 1 amide bonds. The van der Waals surface area contributed by atoms with Crippen molar-refractivity contribution in [2.45, 2.75) is 6.04 Å². The first-order valence-corrected chi connectivity index (χ1v) is 8.25. The molecule has 6 heteroatoms. The average Bonchev–Trinajstić information content (AvgIpc) is 3.08. The maximum atomic E-state index is 12.4. The van der Waals surface area contributed by atoms with E-state index in [9.17, 15) is 4.79 Å². The van der Waals surface area contributed by atoms with E-state index in [2.05, 4.69) is 15.2 Å². The van der Waals surface area contributed by atoms with Crippen LogP contribution in [0.2, 0.25) is 0 Å². The molecule has 1 fully saturated rings. The molecule has 0 unspecified atom stereocenters. The quantitative estimate of drug-likeness (QED) is 0.912. The SMILES string of the molecule is O=C(CN1CCOCC1)N[C@@H](c1ccccc1)c1nccs1. The Kier molecular flexibility index (Phi) is 5.15. The predicted octanol–water partition coefficient (Wildman–Crippen LogP) is 1.68. The van der Waals surface area contributed by atoms with Crippen LogP contribution in [-0.4, -0.2) is 48.6 Å². The van der Waals surface area contributed by atoms with Crippen LogP contribution in [0.25, 0.3) is 0 Å². The second-order valence-electron chi connectivity index (χ2n) is 5.17. The third-order valence-corrected chi connectivity index (χ3v) is 4.45. The minimum Gasteiger partial charge on any atom is -0.379 e. The number of hydrogen-bond donors (Lipinski definition) is 1. The summed E-state index contributed by atoms with van der Waals surface area (Å²) in [6.07, 6.45) is 1.77. The number of aromatic nitrogens is 1. The zero-order valence-corrected chi connectivity index (χ0v) is 13.1. The van der Waals surface area contributed by atoms with Crippen molar-refractivity contribution < 1.29 is 9.53 Å². The van der Waals surface area contributed by atoms with Gasteiger partial charge in [0.25, 0.3) is 0 Å². The number of morpholine rings is 1. The number of carbonyl (C=O) groups is 1. The van der Waals surface area contributed by atoms with Gasteiger partial charge in [0.2, 0.25) is 5.91 Å². The van der Waals surface area contributed by atoms with Crippen molar-refractivity contribution in [3.8, 4) is 0 Å². The summed E-state index contributed by atoms with van der Waals surface area (Å²) >= 11 is 1.55. The highest BCUT2D eigenvalue weighted by molar-refractivity contribution is 7.09. The van der Waals surface area contributed by atoms with Gasteiger partial charge in [-0.25, -0.2) is 4.98 Å². The number of benzene rings is 1. The summed E-state index contributed by atoms with van der Waals surface area (Å²) in [7, 11) is 0. The van der Waals surface area contributed by atoms with Gasteiger partial charge in [-0.05, 0) is 5.56 Å². The van der Waals surface area contributed by atoms with Crippen LogP contribution < -0.4 is 5.32 Å². The molecule has 0 saturated carbocycles. The van der Waals surface area contributed by atoms with Crippen LogP contribution in [0.5, 0.6) is 0 Å². The molecule has 5 nitrogen and oxygen atoms in total. The molecule has 1 aromatic carbocycles. The monoisotopic (exact) mass is 317 g/mol. The first kappa shape index (κ1) is 15.1. The number of thiazole rings is 1. The van der Waals surface area contributed by atoms with Gasteiger partial charge in [-0.3, -0.25) is 9.69 Å². The summed E-state index contributed by atoms with van der Waals surface area (Å²) < 4.78 is 5.31. The lowest BCUT2D eigenvalue weighted by molar-refractivity contribution is -0.123. The van der Waals surface area contributed by atoms with E-state index in [-0.39, 0.29) is 11.9 Å². The summed E-state index contributed by atoms with van der Waals surface area (Å²) in [4.78, 5) is 18.9. The topological polar surface area (TPSA) is 54.5 Å². The summed E-state index contributed by atoms with van der Waals surface area (Å²) in [6, 6.07) is 9.77. The minimum absolute atomic E-state index is 0.0194. The standard InChI is InChI=1S/C16H19N3O2S/c20-14(12-19-7-9-21-10-8-19)18-15(16-17-6-11-22-16)13-4-2-1-3-5-13/h1-6,11,15H,7-10,12H2,(H,18,20)/t15-/m0/s1. The third kappa shape index (κ3) is 3.91. The highest BCUT2D eigenvalue weighted by atomic mass is 32.1. The van der Waals surface area contributed by atoms with Crippen LogP contribution in [0.15, 0.2) is 41.9 Å². The van der Waals surface area contributed by atoms with Crippen molar-refractivity contribution in [3.05, 3.63) is 52.5 Å². The number of hydrogen-bond acceptors (Lipinski definition) is 5. The first-order valence-electron chi connectivity index (χ1n) is 7.37. The molecule has 1 aliphatic heterocycles. The summed E-state index contributed by atoms with van der Waals surface area (Å²) in [5.41, 5.74) is 1.05. The maximum Gasteiger partial charge on any atom is 0.235 e. The highest BCUT2D eigenvalue weighted by Gasteiger charge is 2.21. The van der Waals surface area contributed by atoms with Crippen LogP contribution >= 0.6 is 11.3 Å². The van der Waals surface area contributed by atoms with Gasteiger partial charge in [0.15, 0.2) is 0 Å². The predicted molar refractivity (Wildman–Crippen MR) is 85.8 cm³/mol. The molecule has 0 bridgehead atoms. The van der Waals surface area contributed by atoms with Crippen molar-refractivity contribution in [1.29, 1.82) is 0 Å². The van der Waals surface area contributed by atoms with Gasteiger partial charge < -0.3 is 10.1 Å². The van der Waals surface area contributed by atoms with E-state index in [4.69, 9.17) is 4.74 Å². The molecule has 1 N–H and O–H groups in total. The van der Waals surface area contributed by atoms with Crippen LogP contribution in [-0.2, 0) is 9.53 Å². The second-order valence-corrected chi connectivity index (χ2v) is 6.10. The molecule has 0 spiro atoms. The van der Waals surface area contributed by atoms with E-state index in [1.807, 2.05) is 35.7 Å². The smallest absolute Gasteiger partial charge is 0.235 e. The summed E-state index contributed by atoms with van der Waals surface area (Å²) in [5.74, 6) is 0.0194. The van der Waals surface area contributed by atoms with Crippen LogP contribution in [0, 0.1) is 0 Å². The molecular weight excluding hydrogens is 298 g/mol. The number of amides is 1. The molecule has 2 heterocycles. The molecule has 1 aliphatic rings. The lowest BCUT2D eigenvalue weighted by atomic mass is 10.1. The lowest BCUT2D eigenvalue weighted by Crippen LogP contribution is -2.44. The van der Waals surface area contributed by atoms with E-state index in [1.165, 1.54) is 0 Å². The molecule has 1 aromatic heterocycles. The van der Waals surface area contributed by atoms with Gasteiger partial charge in [0, 0.05) is 24.7 Å². The molecule has 1 saturated heterocycles. The Morgan fingerprint density at radius 1 is 1.32 bits per heavy atom. The van der Waals surface area contributed by atoms with Gasteiger partial charge in [-0.15, -0.1) is 11.3 Å². The molecule has 2 aromatic rings. The number of nitrogens with one attached hydrogen (secondary N) is 1. The van der Waals surface area contributed by atoms with E-state index in [0.717, 1.165) is 23.7 Å². The molecule has 1 atom stereocenters. The fraction of sp³-hybridized carbons (Fsp3) is 0.375. The van der Waals surface area contributed by atoms with Crippen molar-refractivity contribution in [3.63, 3.8) is 0 Å². The van der Waals surface area contributed by atoms with Crippen molar-refractivity contribution in [1.82, 2.24) is 15.2 Å². The van der Waals surface area contributed by atoms with E-state index in [1.54, 1.807) is 17.5 Å². The Morgan fingerprint density at radius 2 is 2.09 bits per heavy atom. The van der Waals surface area contributed by atoms with E-state index in [0.29, 0.717) is 19.8 Å². The van der Waals surface area contributed by atoms with E-state index >= 15 is 0 Å². The normalized spacial score (nSPS) is 17.1. The maximum absolute atomic E-state index is 12.4. The summed E-state index contributed by atoms with van der Waals surface area (Å²) in [6.45, 7) is 3.41. The van der Waals surface area contributed by atoms with Crippen molar-refractivity contribution in [2.24, 2.45) is 0 Å². The van der Waals surface area contributed by atoms with Crippen LogP contribution in [0.3, 0.4) is 0 Å². The summed E-state index contributed by atoms with van der Waals surface area (Å²) in [5, 5.41) is 5.94. The van der Waals surface area contributed by atoms with E-state index < -0.39 is 0 Å². The Labute approximate surface area is 133 Å². The van der Waals surface area contributed by atoms with Crippen molar-refractivity contribution in [2.75, 3.05) is 32.8 Å². The van der Waals surface area contributed by atoms with Gasteiger partial charge in [0.1, 0.15) is 11.0 Å². The lowest BCUT2D eigenvalue weighted by Gasteiger charge is -2.26. The number of rotatable bonds is 5. The highest BCUT2D eigenvalue weighted by Crippen LogP contribution is 2.23. The van der Waals surface area contributed by atoms with Crippen LogP contribution in [0.1, 0.15) is 16.6 Å². The fourth-order valence-electron chi connectivity index (χ4n) is 2.48. The van der Waals surface area contributed by atoms with Gasteiger partial charge in [0.05, 0.1) is 19.8 Å². The first-order chi connectivity index (χ1) is 10.8. The Balaban J connectivity index is 1.69. The van der Waals surface area contributed by atoms with Gasteiger partial charge in [-0.2, -0.15) is 0 Å². The van der Waals surface area contributed by atoms with Crippen molar-refractivity contribution >= 4 is 17.2 Å². The molecule has 0 aliphatic carbocycles. The number of carbonyl (C=O) groups excluding carboxylic acids is 1. The van der Waals surface area contributed by atoms with Gasteiger partial charge >= 0.3 is 0 Å². The molecule has 3 rings (SSSR count). The average molecular weight is 317 g/mol. The van der Waals surface area contributed by atoms with Crippen LogP contribution in [0.4, 0.5) is 0 Å². The molecule has 116 valence electrons. The molecular formula is C16H19N3O2S. The van der Waals surface area contributed by atoms with Gasteiger partial charge in [-0.1, -0.05) is 30.3 Å². The Hall–Kier alpha value is -1.76. The number of ether oxygens (including phenoxy) is 1. The third-order valence-electron chi connectivity index (χ3n) is 3.61.